The van der Waals surface area contributed by atoms with E-state index in [0.717, 1.165) is 38.5 Å². The highest BCUT2D eigenvalue weighted by molar-refractivity contribution is 5.76. The average Bonchev–Trinajstić information content (AvgIpc) is 2.82. The normalized spacial score (nSPS) is 14.6. The van der Waals surface area contributed by atoms with E-state index < -0.39 is 18.2 Å². The van der Waals surface area contributed by atoms with Gasteiger partial charge in [-0.3, -0.25) is 4.79 Å². The Morgan fingerprint density at radius 2 is 1.24 bits per heavy atom. The van der Waals surface area contributed by atoms with E-state index in [1.807, 2.05) is 6.08 Å². The molecule has 1 amide bonds. The molecule has 5 heteroatoms. The van der Waals surface area contributed by atoms with Crippen LogP contribution in [0.5, 0.6) is 0 Å². The van der Waals surface area contributed by atoms with E-state index in [2.05, 4.69) is 31.3 Å². The molecule has 0 bridgehead atoms. The Labute approximate surface area is 210 Å². The molecule has 4 N–H and O–H groups in total. The Kier molecular flexibility index (Phi) is 24.1. The van der Waals surface area contributed by atoms with E-state index in [0.29, 0.717) is 6.42 Å². The first-order valence-corrected chi connectivity index (χ1v) is 14.1. The van der Waals surface area contributed by atoms with Crippen molar-refractivity contribution < 1.29 is 20.1 Å². The second-order valence-corrected chi connectivity index (χ2v) is 9.65. The van der Waals surface area contributed by atoms with Crippen molar-refractivity contribution in [2.45, 2.75) is 148 Å². The maximum absolute atomic E-state index is 12.2. The van der Waals surface area contributed by atoms with Gasteiger partial charge in [-0.2, -0.15) is 0 Å². The third kappa shape index (κ3) is 21.4. The molecule has 0 fully saturated rings. The predicted octanol–water partition coefficient (Wildman–Crippen LogP) is 6.36. The summed E-state index contributed by atoms with van der Waals surface area (Å²) in [5, 5.41) is 32.6. The number of carbonyl (C=O) groups is 1. The number of amides is 1. The van der Waals surface area contributed by atoms with Gasteiger partial charge in [0.2, 0.25) is 5.91 Å². The number of rotatable bonds is 24. The summed E-state index contributed by atoms with van der Waals surface area (Å²) in [7, 11) is 0. The second kappa shape index (κ2) is 24.9. The zero-order valence-corrected chi connectivity index (χ0v) is 22.2. The summed E-state index contributed by atoms with van der Waals surface area (Å²) in [6.45, 7) is 4.10. The van der Waals surface area contributed by atoms with Crippen LogP contribution in [0.15, 0.2) is 24.3 Å². The Hall–Kier alpha value is -1.17. The molecule has 3 atom stereocenters. The van der Waals surface area contributed by atoms with E-state index in [4.69, 9.17) is 0 Å². The first-order chi connectivity index (χ1) is 16.5. The van der Waals surface area contributed by atoms with Gasteiger partial charge >= 0.3 is 0 Å². The molecule has 0 rings (SSSR count). The molecule has 0 saturated heterocycles. The molecule has 0 aliphatic rings. The number of carbonyl (C=O) groups excluding carboxylic acids is 1. The molecule has 3 unspecified atom stereocenters. The van der Waals surface area contributed by atoms with Crippen LogP contribution in [0.3, 0.4) is 0 Å². The maximum Gasteiger partial charge on any atom is 0.222 e. The third-order valence-corrected chi connectivity index (χ3v) is 6.23. The Balaban J connectivity index is 3.90. The van der Waals surface area contributed by atoms with Crippen LogP contribution in [0.4, 0.5) is 0 Å². The van der Waals surface area contributed by atoms with Crippen molar-refractivity contribution in [3.63, 3.8) is 0 Å². The number of unbranched alkanes of at least 4 members (excludes halogenated alkanes) is 13. The summed E-state index contributed by atoms with van der Waals surface area (Å²) in [5.41, 5.74) is 0. The lowest BCUT2D eigenvalue weighted by Gasteiger charge is -2.21. The molecule has 0 radical (unpaired) electrons. The van der Waals surface area contributed by atoms with E-state index in [-0.39, 0.29) is 18.9 Å². The molecule has 0 aliphatic heterocycles. The van der Waals surface area contributed by atoms with E-state index >= 15 is 0 Å². The molecular formula is C29H55NO4. The number of allylic oxidation sites excluding steroid dienone is 3. The Morgan fingerprint density at radius 3 is 1.85 bits per heavy atom. The Morgan fingerprint density at radius 1 is 0.735 bits per heavy atom. The molecular weight excluding hydrogens is 426 g/mol. The standard InChI is InChI=1S/C29H55NO4/c1-3-5-7-9-11-13-15-16-18-20-22-26(32)24-29(34)30-27(25-31)28(33)23-21-19-17-14-12-10-8-6-4-2/h11,13,21,23,26-28,31-33H,3-10,12,14-20,22,24-25H2,1-2H3,(H,30,34)/b13-11-,23-21+. The minimum Gasteiger partial charge on any atom is -0.394 e. The molecule has 34 heavy (non-hydrogen) atoms. The van der Waals surface area contributed by atoms with Crippen LogP contribution in [0.1, 0.15) is 129 Å². The van der Waals surface area contributed by atoms with Crippen LogP contribution in [0.2, 0.25) is 0 Å². The molecule has 0 heterocycles. The fourth-order valence-corrected chi connectivity index (χ4v) is 3.98. The molecule has 0 aromatic carbocycles. The lowest BCUT2D eigenvalue weighted by molar-refractivity contribution is -0.124. The quantitative estimate of drug-likeness (QED) is 0.0954. The van der Waals surface area contributed by atoms with E-state index in [1.54, 1.807) is 6.08 Å². The predicted molar refractivity (Wildman–Crippen MR) is 144 cm³/mol. The van der Waals surface area contributed by atoms with Gasteiger partial charge in [-0.25, -0.2) is 0 Å². The van der Waals surface area contributed by atoms with E-state index in [9.17, 15) is 20.1 Å². The highest BCUT2D eigenvalue weighted by Gasteiger charge is 2.19. The van der Waals surface area contributed by atoms with Crippen molar-refractivity contribution in [1.82, 2.24) is 5.32 Å². The van der Waals surface area contributed by atoms with Crippen molar-refractivity contribution in [2.24, 2.45) is 0 Å². The van der Waals surface area contributed by atoms with Crippen LogP contribution < -0.4 is 5.32 Å². The summed E-state index contributed by atoms with van der Waals surface area (Å²) in [4.78, 5) is 12.2. The van der Waals surface area contributed by atoms with Gasteiger partial charge in [-0.05, 0) is 44.9 Å². The van der Waals surface area contributed by atoms with E-state index in [1.165, 1.54) is 64.2 Å². The molecule has 0 aromatic rings. The minimum atomic E-state index is -0.925. The van der Waals surface area contributed by atoms with Crippen LogP contribution in [0.25, 0.3) is 0 Å². The summed E-state index contributed by atoms with van der Waals surface area (Å²) in [6, 6.07) is -0.742. The number of aliphatic hydroxyl groups is 3. The van der Waals surface area contributed by atoms with Gasteiger partial charge in [0.1, 0.15) is 0 Å². The number of hydrogen-bond acceptors (Lipinski definition) is 4. The zero-order valence-electron chi connectivity index (χ0n) is 22.2. The molecule has 0 aliphatic carbocycles. The first-order valence-electron chi connectivity index (χ1n) is 14.1. The third-order valence-electron chi connectivity index (χ3n) is 6.23. The molecule has 200 valence electrons. The summed E-state index contributed by atoms with van der Waals surface area (Å²) in [6.07, 6.45) is 25.8. The lowest BCUT2D eigenvalue weighted by atomic mass is 10.1. The lowest BCUT2D eigenvalue weighted by Crippen LogP contribution is -2.45. The van der Waals surface area contributed by atoms with Crippen molar-refractivity contribution in [2.75, 3.05) is 6.61 Å². The van der Waals surface area contributed by atoms with Gasteiger partial charge in [0, 0.05) is 0 Å². The van der Waals surface area contributed by atoms with Gasteiger partial charge < -0.3 is 20.6 Å². The average molecular weight is 482 g/mol. The SMILES string of the molecule is CCCCC/C=C\CCCCCC(O)CC(=O)NC(CO)C(O)/C=C/CCCCCCCCC. The van der Waals surface area contributed by atoms with Gasteiger partial charge in [0.25, 0.3) is 0 Å². The fourth-order valence-electron chi connectivity index (χ4n) is 3.98. The Bertz CT molecular complexity index is 506. The molecule has 0 saturated carbocycles. The van der Waals surface area contributed by atoms with Gasteiger partial charge in [0.15, 0.2) is 0 Å². The van der Waals surface area contributed by atoms with Crippen LogP contribution in [0, 0.1) is 0 Å². The van der Waals surface area contributed by atoms with Gasteiger partial charge in [0.05, 0.1) is 31.3 Å². The topological polar surface area (TPSA) is 89.8 Å². The van der Waals surface area contributed by atoms with Gasteiger partial charge in [-0.1, -0.05) is 102 Å². The van der Waals surface area contributed by atoms with Crippen molar-refractivity contribution in [1.29, 1.82) is 0 Å². The van der Waals surface area contributed by atoms with Crippen molar-refractivity contribution in [3.8, 4) is 0 Å². The summed E-state index contributed by atoms with van der Waals surface area (Å²) >= 11 is 0. The number of nitrogens with one attached hydrogen (secondary N) is 1. The highest BCUT2D eigenvalue weighted by Crippen LogP contribution is 2.11. The largest absolute Gasteiger partial charge is 0.394 e. The maximum atomic E-state index is 12.2. The summed E-state index contributed by atoms with van der Waals surface area (Å²) in [5.74, 6) is -0.332. The smallest absolute Gasteiger partial charge is 0.222 e. The molecule has 0 spiro atoms. The molecule has 5 nitrogen and oxygen atoms in total. The van der Waals surface area contributed by atoms with Crippen LogP contribution in [-0.2, 0) is 4.79 Å². The van der Waals surface area contributed by atoms with Crippen molar-refractivity contribution in [3.05, 3.63) is 24.3 Å². The number of hydrogen-bond donors (Lipinski definition) is 4. The zero-order chi connectivity index (χ0) is 25.3. The number of aliphatic hydroxyl groups excluding tert-OH is 3. The van der Waals surface area contributed by atoms with Gasteiger partial charge in [-0.15, -0.1) is 0 Å². The van der Waals surface area contributed by atoms with Crippen molar-refractivity contribution >= 4 is 5.91 Å². The van der Waals surface area contributed by atoms with Crippen LogP contribution in [-0.4, -0.2) is 46.1 Å². The fraction of sp³-hybridized carbons (Fsp3) is 0.828. The molecule has 0 aromatic heterocycles. The highest BCUT2D eigenvalue weighted by atomic mass is 16.3. The second-order valence-electron chi connectivity index (χ2n) is 9.65. The minimum absolute atomic E-state index is 0.00228. The first kappa shape index (κ1) is 32.8. The van der Waals surface area contributed by atoms with Crippen LogP contribution >= 0.6 is 0 Å². The summed E-state index contributed by atoms with van der Waals surface area (Å²) < 4.78 is 0. The monoisotopic (exact) mass is 481 g/mol.